The second-order valence-electron chi connectivity index (χ2n) is 6.47. The quantitative estimate of drug-likeness (QED) is 0.832. The first kappa shape index (κ1) is 16.7. The van der Waals surface area contributed by atoms with Crippen LogP contribution in [0.4, 0.5) is 0 Å². The lowest BCUT2D eigenvalue weighted by Crippen LogP contribution is -1.98. The third-order valence-electron chi connectivity index (χ3n) is 4.85. The van der Waals surface area contributed by atoms with Crippen LogP contribution in [0.5, 0.6) is 17.2 Å². The van der Waals surface area contributed by atoms with Gasteiger partial charge in [0.1, 0.15) is 0 Å². The fourth-order valence-corrected chi connectivity index (χ4v) is 3.55. The third kappa shape index (κ3) is 3.35. The second kappa shape index (κ2) is 7.61. The minimum absolute atomic E-state index is 0.212. The van der Waals surface area contributed by atoms with Crippen LogP contribution in [-0.2, 0) is 12.8 Å². The lowest BCUT2D eigenvalue weighted by atomic mass is 9.96. The van der Waals surface area contributed by atoms with Gasteiger partial charge in [0.05, 0.1) is 14.2 Å². The number of ether oxygens (including phenoxy) is 2. The van der Waals surface area contributed by atoms with E-state index in [1.54, 1.807) is 14.2 Å². The van der Waals surface area contributed by atoms with Crippen LogP contribution >= 0.6 is 0 Å². The zero-order valence-electron chi connectivity index (χ0n) is 14.6. The van der Waals surface area contributed by atoms with Crippen LogP contribution in [0.15, 0.2) is 30.3 Å². The Morgan fingerprint density at radius 3 is 2.29 bits per heavy atom. The Bertz CT molecular complexity index is 706. The van der Waals surface area contributed by atoms with Crippen LogP contribution in [0.3, 0.4) is 0 Å². The number of phenolic OH excluding ortho intramolecular Hbond substituents is 1. The number of aromatic hydroxyl groups is 1. The van der Waals surface area contributed by atoms with Crippen molar-refractivity contribution in [3.63, 3.8) is 0 Å². The van der Waals surface area contributed by atoms with E-state index in [4.69, 9.17) is 9.47 Å². The predicted octanol–water partition coefficient (Wildman–Crippen LogP) is 5.13. The van der Waals surface area contributed by atoms with Gasteiger partial charge in [0.2, 0.25) is 5.75 Å². The summed E-state index contributed by atoms with van der Waals surface area (Å²) in [5, 5.41) is 10.6. The normalized spacial score (nSPS) is 14.9. The monoisotopic (exact) mass is 326 g/mol. The Hall–Kier alpha value is -2.16. The van der Waals surface area contributed by atoms with Crippen molar-refractivity contribution in [3.05, 3.63) is 41.5 Å². The van der Waals surface area contributed by atoms with Crippen molar-refractivity contribution in [1.82, 2.24) is 0 Å². The highest BCUT2D eigenvalue weighted by molar-refractivity contribution is 5.78. The summed E-state index contributed by atoms with van der Waals surface area (Å²) in [4.78, 5) is 0. The Morgan fingerprint density at radius 1 is 0.833 bits per heavy atom. The summed E-state index contributed by atoms with van der Waals surface area (Å²) in [6, 6.07) is 10.7. The Balaban J connectivity index is 2.18. The number of benzene rings is 2. The molecule has 0 aromatic heterocycles. The molecule has 3 heteroatoms. The van der Waals surface area contributed by atoms with Gasteiger partial charge in [-0.1, -0.05) is 43.5 Å². The van der Waals surface area contributed by atoms with Crippen LogP contribution < -0.4 is 9.47 Å². The Kier molecular flexibility index (Phi) is 5.29. The van der Waals surface area contributed by atoms with Crippen molar-refractivity contribution in [2.24, 2.45) is 0 Å². The van der Waals surface area contributed by atoms with Gasteiger partial charge in [0, 0.05) is 5.56 Å². The summed E-state index contributed by atoms with van der Waals surface area (Å²) in [6.45, 7) is 0. The molecule has 1 N–H and O–H groups in total. The largest absolute Gasteiger partial charge is 0.504 e. The fourth-order valence-electron chi connectivity index (χ4n) is 3.55. The fraction of sp³-hybridized carbons (Fsp3) is 0.429. The molecule has 0 spiro atoms. The van der Waals surface area contributed by atoms with E-state index in [0.717, 1.165) is 36.0 Å². The molecule has 3 nitrogen and oxygen atoms in total. The molecule has 0 fully saturated rings. The summed E-state index contributed by atoms with van der Waals surface area (Å²) < 4.78 is 11.1. The first-order chi connectivity index (χ1) is 11.7. The average Bonchev–Trinajstić information content (AvgIpc) is 2.62. The number of fused-ring (bicyclic) bond motifs is 5. The molecular weight excluding hydrogens is 300 g/mol. The molecule has 24 heavy (non-hydrogen) atoms. The van der Waals surface area contributed by atoms with Crippen molar-refractivity contribution in [2.45, 2.75) is 44.9 Å². The SMILES string of the molecule is COc1c2cc(c(O)c1OC)CCCCCCCc1cccc-2c1. The highest BCUT2D eigenvalue weighted by Gasteiger charge is 2.20. The highest BCUT2D eigenvalue weighted by atomic mass is 16.5. The number of aryl methyl sites for hydroxylation is 2. The molecule has 3 rings (SSSR count). The topological polar surface area (TPSA) is 38.7 Å². The van der Waals surface area contributed by atoms with Crippen LogP contribution in [0.1, 0.15) is 43.2 Å². The van der Waals surface area contributed by atoms with Gasteiger partial charge in [-0.05, 0) is 48.4 Å². The summed E-state index contributed by atoms with van der Waals surface area (Å²) >= 11 is 0. The van der Waals surface area contributed by atoms with Gasteiger partial charge in [0.25, 0.3) is 0 Å². The van der Waals surface area contributed by atoms with Gasteiger partial charge in [0.15, 0.2) is 11.5 Å². The second-order valence-corrected chi connectivity index (χ2v) is 6.47. The van der Waals surface area contributed by atoms with Crippen molar-refractivity contribution in [2.75, 3.05) is 14.2 Å². The standard InChI is InChI=1S/C21H26O3/c1-23-20-18-14-17(19(22)21(20)24-2)11-7-5-3-4-6-9-15-10-8-12-16(18)13-15/h8,10,12-14,22H,3-7,9,11H2,1-2H3. The van der Waals surface area contributed by atoms with Gasteiger partial charge in [-0.3, -0.25) is 0 Å². The van der Waals surface area contributed by atoms with Gasteiger partial charge >= 0.3 is 0 Å². The number of hydrogen-bond acceptors (Lipinski definition) is 3. The zero-order valence-corrected chi connectivity index (χ0v) is 14.6. The molecule has 0 amide bonds. The van der Waals surface area contributed by atoms with E-state index in [-0.39, 0.29) is 5.75 Å². The maximum Gasteiger partial charge on any atom is 0.203 e. The molecular formula is C21H26O3. The van der Waals surface area contributed by atoms with Crippen molar-refractivity contribution < 1.29 is 14.6 Å². The van der Waals surface area contributed by atoms with E-state index in [9.17, 15) is 5.11 Å². The molecule has 2 aromatic carbocycles. The molecule has 0 heterocycles. The molecule has 2 aromatic rings. The van der Waals surface area contributed by atoms with E-state index < -0.39 is 0 Å². The lowest BCUT2D eigenvalue weighted by molar-refractivity contribution is 0.332. The van der Waals surface area contributed by atoms with Crippen LogP contribution in [0.25, 0.3) is 11.1 Å². The van der Waals surface area contributed by atoms with E-state index in [1.165, 1.54) is 31.2 Å². The molecule has 0 saturated carbocycles. The number of methoxy groups -OCH3 is 2. The number of hydrogen-bond donors (Lipinski definition) is 1. The molecule has 1 aliphatic carbocycles. The summed E-state index contributed by atoms with van der Waals surface area (Å²) in [6.07, 6.45) is 7.99. The van der Waals surface area contributed by atoms with Gasteiger partial charge in [-0.2, -0.15) is 0 Å². The average molecular weight is 326 g/mol. The first-order valence-electron chi connectivity index (χ1n) is 8.80. The predicted molar refractivity (Wildman–Crippen MR) is 97.1 cm³/mol. The maximum absolute atomic E-state index is 10.6. The minimum Gasteiger partial charge on any atom is -0.504 e. The molecule has 0 saturated heterocycles. The summed E-state index contributed by atoms with van der Waals surface area (Å²) in [5.74, 6) is 1.25. The van der Waals surface area contributed by atoms with Crippen LogP contribution in [-0.4, -0.2) is 19.3 Å². The van der Waals surface area contributed by atoms with Crippen molar-refractivity contribution >= 4 is 0 Å². The molecule has 0 aliphatic heterocycles. The lowest BCUT2D eigenvalue weighted by Gasteiger charge is -2.18. The maximum atomic E-state index is 10.6. The molecule has 128 valence electrons. The number of rotatable bonds is 2. The Labute approximate surface area is 144 Å². The van der Waals surface area contributed by atoms with Crippen LogP contribution in [0, 0.1) is 0 Å². The molecule has 0 radical (unpaired) electrons. The summed E-state index contributed by atoms with van der Waals surface area (Å²) in [7, 11) is 3.20. The van der Waals surface area contributed by atoms with Crippen molar-refractivity contribution in [1.29, 1.82) is 0 Å². The smallest absolute Gasteiger partial charge is 0.203 e. The molecule has 1 aliphatic rings. The summed E-state index contributed by atoms with van der Waals surface area (Å²) in [5.41, 5.74) is 4.39. The molecule has 0 unspecified atom stereocenters. The highest BCUT2D eigenvalue weighted by Crippen LogP contribution is 2.46. The molecule has 4 bridgehead atoms. The van der Waals surface area contributed by atoms with E-state index >= 15 is 0 Å². The first-order valence-corrected chi connectivity index (χ1v) is 8.80. The van der Waals surface area contributed by atoms with E-state index in [1.807, 2.05) is 0 Å². The van der Waals surface area contributed by atoms with Gasteiger partial charge < -0.3 is 14.6 Å². The van der Waals surface area contributed by atoms with E-state index in [2.05, 4.69) is 30.3 Å². The van der Waals surface area contributed by atoms with E-state index in [0.29, 0.717) is 11.5 Å². The molecule has 0 atom stereocenters. The van der Waals surface area contributed by atoms with Crippen molar-refractivity contribution in [3.8, 4) is 28.4 Å². The Morgan fingerprint density at radius 2 is 1.54 bits per heavy atom. The zero-order chi connectivity index (χ0) is 16.9. The number of phenols is 1. The minimum atomic E-state index is 0.212. The third-order valence-corrected chi connectivity index (χ3v) is 4.85. The van der Waals surface area contributed by atoms with Gasteiger partial charge in [-0.15, -0.1) is 0 Å². The van der Waals surface area contributed by atoms with Gasteiger partial charge in [-0.25, -0.2) is 0 Å². The van der Waals surface area contributed by atoms with Crippen LogP contribution in [0.2, 0.25) is 0 Å².